The van der Waals surface area contributed by atoms with E-state index in [0.717, 1.165) is 114 Å². The Hall–Kier alpha value is 0.130. The van der Waals surface area contributed by atoms with Crippen LogP contribution in [0.15, 0.2) is 0 Å². The van der Waals surface area contributed by atoms with Gasteiger partial charge >= 0.3 is 203 Å². The van der Waals surface area contributed by atoms with Crippen molar-refractivity contribution in [3.63, 3.8) is 0 Å². The fourth-order valence-electron chi connectivity index (χ4n) is 5.05. The molecule has 0 bridgehead atoms. The van der Waals surface area contributed by atoms with Crippen LogP contribution >= 0.6 is 13.7 Å². The summed E-state index contributed by atoms with van der Waals surface area (Å²) in [7, 11) is 0. The Bertz CT molecular complexity index is 428. The van der Waals surface area contributed by atoms with Crippen molar-refractivity contribution in [3.05, 3.63) is 0 Å². The van der Waals surface area contributed by atoms with Gasteiger partial charge in [-0.25, -0.2) is 0 Å². The van der Waals surface area contributed by atoms with Gasteiger partial charge in [0.15, 0.2) is 0 Å². The van der Waals surface area contributed by atoms with Gasteiger partial charge in [0.2, 0.25) is 0 Å². The molecule has 0 rings (SSSR count). The minimum atomic E-state index is -2.60. The summed E-state index contributed by atoms with van der Waals surface area (Å²) in [5.41, 5.74) is 0. The summed E-state index contributed by atoms with van der Waals surface area (Å²) in [5.74, 6) is 0. The van der Waals surface area contributed by atoms with Gasteiger partial charge in [0.1, 0.15) is 0 Å². The van der Waals surface area contributed by atoms with E-state index in [1.807, 2.05) is 0 Å². The molecule has 0 aliphatic heterocycles. The second-order valence-electron chi connectivity index (χ2n) is 11.3. The molecule has 0 saturated carbocycles. The Balaban J connectivity index is 6.01. The van der Waals surface area contributed by atoms with Crippen molar-refractivity contribution in [2.24, 2.45) is 0 Å². The topological polar surface area (TPSA) is 35.5 Å². The fraction of sp³-hybridized carbons (Fsp3) is 0.963. The van der Waals surface area contributed by atoms with Gasteiger partial charge in [-0.05, 0) is 0 Å². The number of hydrogen-bond donors (Lipinski definition) is 0. The van der Waals surface area contributed by atoms with Crippen LogP contribution in [0.2, 0.25) is 0 Å². The molecule has 196 valence electrons. The van der Waals surface area contributed by atoms with E-state index >= 15 is 0 Å². The molecule has 0 aliphatic carbocycles. The Labute approximate surface area is 202 Å². The van der Waals surface area contributed by atoms with E-state index < -0.39 is 13.7 Å². The molecule has 0 amide bonds. The van der Waals surface area contributed by atoms with E-state index in [-0.39, 0.29) is 6.16 Å². The van der Waals surface area contributed by atoms with Crippen LogP contribution in [0.1, 0.15) is 119 Å². The summed E-state index contributed by atoms with van der Waals surface area (Å²) in [4.78, 5) is 13.7. The van der Waals surface area contributed by atoms with Crippen molar-refractivity contribution in [1.29, 1.82) is 0 Å². The fourth-order valence-corrected chi connectivity index (χ4v) is 15.3. The van der Waals surface area contributed by atoms with E-state index in [9.17, 15) is 4.79 Å². The first-order valence-corrected chi connectivity index (χ1v) is 20.3. The number of unbranched alkanes of at least 4 members (excludes halogenated alkanes) is 6. The molecule has 0 aromatic rings. The van der Waals surface area contributed by atoms with Crippen LogP contribution in [0, 0.1) is 0 Å². The monoisotopic (exact) mass is 494 g/mol. The zero-order chi connectivity index (χ0) is 24.6. The average Bonchev–Trinajstić information content (AvgIpc) is 2.77. The van der Waals surface area contributed by atoms with Crippen LogP contribution in [0.25, 0.3) is 0 Å². The minimum absolute atomic E-state index is 0.308. The quantitative estimate of drug-likeness (QED) is 0.158. The molecule has 5 heteroatoms. The first-order chi connectivity index (χ1) is 15.1. The normalized spacial score (nSPS) is 14.9. The van der Waals surface area contributed by atoms with E-state index in [4.69, 9.17) is 9.05 Å². The molecule has 0 unspecified atom stereocenters. The van der Waals surface area contributed by atoms with Gasteiger partial charge in [-0.15, -0.1) is 0 Å². The molecule has 3 nitrogen and oxygen atoms in total. The van der Waals surface area contributed by atoms with E-state index in [0.29, 0.717) is 0 Å². The third kappa shape index (κ3) is 11.0. The first-order valence-electron chi connectivity index (χ1n) is 14.0. The number of rotatable bonds is 20. The third-order valence-electron chi connectivity index (χ3n) is 7.58. The van der Waals surface area contributed by atoms with Crippen molar-refractivity contribution in [2.75, 3.05) is 50.3 Å². The van der Waals surface area contributed by atoms with Crippen LogP contribution in [0.5, 0.6) is 0 Å². The number of carbonyl (C=O) groups excluding carboxylic acids is 1. The third-order valence-corrected chi connectivity index (χ3v) is 18.5. The standard InChI is InChI=1S/C27H60O3P2/c1-9-15-21-31(7,22-16-10-2,23-17-11-3)29-27(28)30-32(8,24-18-12-4,25-19-13-5)26-20-14-6/h9-26H2,1-8H3. The van der Waals surface area contributed by atoms with E-state index in [2.05, 4.69) is 54.9 Å². The maximum atomic E-state index is 13.7. The Kier molecular flexibility index (Phi) is 15.3. The second-order valence-corrected chi connectivity index (χ2v) is 23.1. The van der Waals surface area contributed by atoms with Gasteiger partial charge in [0, 0.05) is 0 Å². The van der Waals surface area contributed by atoms with Gasteiger partial charge in [-0.3, -0.25) is 0 Å². The van der Waals surface area contributed by atoms with Gasteiger partial charge in [-0.1, -0.05) is 0 Å². The summed E-state index contributed by atoms with van der Waals surface area (Å²) < 4.78 is 13.4. The Morgan fingerprint density at radius 3 is 0.812 bits per heavy atom. The molecule has 32 heavy (non-hydrogen) atoms. The maximum absolute atomic E-state index is 13.7. The zero-order valence-electron chi connectivity index (χ0n) is 23.3. The van der Waals surface area contributed by atoms with Crippen LogP contribution < -0.4 is 0 Å². The molecule has 0 atom stereocenters. The van der Waals surface area contributed by atoms with Crippen LogP contribution in [0.4, 0.5) is 4.79 Å². The van der Waals surface area contributed by atoms with Crippen LogP contribution in [0.3, 0.4) is 0 Å². The van der Waals surface area contributed by atoms with E-state index in [1.54, 1.807) is 0 Å². The number of carbonyl (C=O) groups is 1. The first kappa shape index (κ1) is 32.1. The molecule has 0 spiro atoms. The SMILES string of the molecule is CCCCP(C)(CCCC)(CCCC)OC(=O)OP(C)(CCCC)(CCCC)CCCC. The summed E-state index contributed by atoms with van der Waals surface area (Å²) in [5, 5.41) is 0. The Morgan fingerprint density at radius 2 is 0.656 bits per heavy atom. The van der Waals surface area contributed by atoms with Gasteiger partial charge in [0.05, 0.1) is 0 Å². The zero-order valence-corrected chi connectivity index (χ0v) is 25.1. The number of hydrogen-bond acceptors (Lipinski definition) is 3. The van der Waals surface area contributed by atoms with E-state index in [1.165, 1.54) is 0 Å². The van der Waals surface area contributed by atoms with Crippen LogP contribution in [-0.2, 0) is 9.05 Å². The molecule has 0 heterocycles. The Morgan fingerprint density at radius 1 is 0.469 bits per heavy atom. The summed E-state index contributed by atoms with van der Waals surface area (Å²) in [6.07, 6.45) is 19.9. The second kappa shape index (κ2) is 15.2. The summed E-state index contributed by atoms with van der Waals surface area (Å²) in [6.45, 7) is 13.0. The summed E-state index contributed by atoms with van der Waals surface area (Å²) in [6, 6.07) is 0. The van der Waals surface area contributed by atoms with Crippen molar-refractivity contribution >= 4 is 19.8 Å². The van der Waals surface area contributed by atoms with Crippen LogP contribution in [-0.4, -0.2) is 56.5 Å². The molecule has 0 radical (unpaired) electrons. The predicted octanol–water partition coefficient (Wildman–Crippen LogP) is 10.1. The van der Waals surface area contributed by atoms with Crippen molar-refractivity contribution in [1.82, 2.24) is 0 Å². The molecular weight excluding hydrogens is 434 g/mol. The van der Waals surface area contributed by atoms with Crippen molar-refractivity contribution < 1.29 is 13.8 Å². The van der Waals surface area contributed by atoms with Gasteiger partial charge in [-0.2, -0.15) is 0 Å². The molecule has 0 N–H and O–H groups in total. The van der Waals surface area contributed by atoms with Gasteiger partial charge in [0.25, 0.3) is 0 Å². The average molecular weight is 495 g/mol. The molecule has 0 aliphatic rings. The van der Waals surface area contributed by atoms with Gasteiger partial charge < -0.3 is 0 Å². The molecule has 0 fully saturated rings. The molecule has 0 aromatic heterocycles. The molecule has 0 aromatic carbocycles. The van der Waals surface area contributed by atoms with Crippen molar-refractivity contribution in [2.45, 2.75) is 119 Å². The molecular formula is C27H60O3P2. The molecule has 0 saturated heterocycles. The van der Waals surface area contributed by atoms with Crippen molar-refractivity contribution in [3.8, 4) is 0 Å². The predicted molar refractivity (Wildman–Crippen MR) is 152 cm³/mol. The summed E-state index contributed by atoms with van der Waals surface area (Å²) >= 11 is 0.